The Hall–Kier alpha value is -2.07. The number of para-hydroxylation sites is 1. The predicted octanol–water partition coefficient (Wildman–Crippen LogP) is 2.14. The number of ether oxygens (including phenoxy) is 2. The number of benzene rings is 1. The van der Waals surface area contributed by atoms with E-state index in [1.54, 1.807) is 0 Å². The second kappa shape index (κ2) is 5.71. The lowest BCUT2D eigenvalue weighted by atomic mass is 10.1. The van der Waals surface area contributed by atoms with Crippen LogP contribution in [-0.2, 0) is 13.0 Å². The van der Waals surface area contributed by atoms with E-state index in [-0.39, 0.29) is 0 Å². The van der Waals surface area contributed by atoms with E-state index in [0.29, 0.717) is 6.79 Å². The second-order valence-corrected chi connectivity index (χ2v) is 4.43. The molecular weight excluding hydrogens is 240 g/mol. The summed E-state index contributed by atoms with van der Waals surface area (Å²) < 4.78 is 10.8. The molecule has 2 aromatic rings. The number of hydrogen-bond donors (Lipinski definition) is 1. The fraction of sp³-hybridized carbons (Fsp3) is 0.267. The van der Waals surface area contributed by atoms with Gasteiger partial charge in [-0.15, -0.1) is 0 Å². The Kier molecular flexibility index (Phi) is 3.61. The lowest BCUT2D eigenvalue weighted by molar-refractivity contribution is 0.173. The van der Waals surface area contributed by atoms with Gasteiger partial charge in [-0.3, -0.25) is 4.98 Å². The number of aromatic nitrogens is 1. The van der Waals surface area contributed by atoms with Gasteiger partial charge in [0, 0.05) is 24.5 Å². The number of rotatable bonds is 5. The normalized spacial score (nSPS) is 12.6. The number of pyridine rings is 1. The van der Waals surface area contributed by atoms with Crippen LogP contribution in [0.1, 0.15) is 11.1 Å². The monoisotopic (exact) mass is 256 g/mol. The van der Waals surface area contributed by atoms with Crippen LogP contribution in [0.5, 0.6) is 11.5 Å². The zero-order valence-electron chi connectivity index (χ0n) is 10.6. The van der Waals surface area contributed by atoms with E-state index in [2.05, 4.69) is 16.4 Å². The van der Waals surface area contributed by atoms with Gasteiger partial charge in [-0.05, 0) is 36.7 Å². The molecule has 4 nitrogen and oxygen atoms in total. The molecule has 0 amide bonds. The molecular formula is C15H16N2O2. The van der Waals surface area contributed by atoms with E-state index < -0.39 is 0 Å². The van der Waals surface area contributed by atoms with Crippen LogP contribution in [0.2, 0.25) is 0 Å². The van der Waals surface area contributed by atoms with E-state index in [1.807, 2.05) is 36.7 Å². The third kappa shape index (κ3) is 2.85. The van der Waals surface area contributed by atoms with Crippen LogP contribution < -0.4 is 14.8 Å². The quantitative estimate of drug-likeness (QED) is 0.832. The molecule has 1 N–H and O–H groups in total. The van der Waals surface area contributed by atoms with Crippen molar-refractivity contribution in [3.63, 3.8) is 0 Å². The summed E-state index contributed by atoms with van der Waals surface area (Å²) in [4.78, 5) is 4.01. The number of nitrogens with one attached hydrogen (secondary N) is 1. The van der Waals surface area contributed by atoms with Crippen LogP contribution in [0.4, 0.5) is 0 Å². The zero-order chi connectivity index (χ0) is 12.9. The first-order valence-corrected chi connectivity index (χ1v) is 6.40. The average molecular weight is 256 g/mol. The standard InChI is InChI=1S/C15H16N2O2/c1-2-13(15-14(3-1)18-11-19-15)10-17-9-6-12-4-7-16-8-5-12/h1-5,7-8,17H,6,9-11H2. The summed E-state index contributed by atoms with van der Waals surface area (Å²) >= 11 is 0. The van der Waals surface area contributed by atoms with Crippen LogP contribution in [0.25, 0.3) is 0 Å². The molecule has 98 valence electrons. The fourth-order valence-corrected chi connectivity index (χ4v) is 2.14. The summed E-state index contributed by atoms with van der Waals surface area (Å²) in [6.07, 6.45) is 4.64. The Morgan fingerprint density at radius 1 is 1.11 bits per heavy atom. The minimum atomic E-state index is 0.323. The molecule has 0 spiro atoms. The lowest BCUT2D eigenvalue weighted by Gasteiger charge is -2.07. The molecule has 1 aliphatic rings. The Morgan fingerprint density at radius 3 is 2.89 bits per heavy atom. The van der Waals surface area contributed by atoms with Gasteiger partial charge in [-0.1, -0.05) is 12.1 Å². The van der Waals surface area contributed by atoms with Crippen molar-refractivity contribution in [3.05, 3.63) is 53.9 Å². The molecule has 0 radical (unpaired) electrons. The van der Waals surface area contributed by atoms with Gasteiger partial charge < -0.3 is 14.8 Å². The minimum absolute atomic E-state index is 0.323. The van der Waals surface area contributed by atoms with Crippen LogP contribution in [0.15, 0.2) is 42.7 Å². The molecule has 0 saturated heterocycles. The number of hydrogen-bond acceptors (Lipinski definition) is 4. The maximum absolute atomic E-state index is 5.47. The van der Waals surface area contributed by atoms with Gasteiger partial charge in [0.2, 0.25) is 6.79 Å². The van der Waals surface area contributed by atoms with Gasteiger partial charge in [0.1, 0.15) is 0 Å². The molecule has 19 heavy (non-hydrogen) atoms. The zero-order valence-corrected chi connectivity index (χ0v) is 10.6. The first kappa shape index (κ1) is 12.0. The lowest BCUT2D eigenvalue weighted by Crippen LogP contribution is -2.17. The van der Waals surface area contributed by atoms with Crippen molar-refractivity contribution in [2.75, 3.05) is 13.3 Å². The third-order valence-corrected chi connectivity index (χ3v) is 3.13. The molecule has 1 aliphatic heterocycles. The molecule has 3 rings (SSSR count). The number of nitrogens with zero attached hydrogens (tertiary/aromatic N) is 1. The molecule has 1 aromatic carbocycles. The van der Waals surface area contributed by atoms with Crippen LogP contribution >= 0.6 is 0 Å². The SMILES string of the molecule is c1cc(CNCCc2ccncc2)c2c(c1)OCO2. The highest BCUT2D eigenvalue weighted by atomic mass is 16.7. The Labute approximate surface area is 112 Å². The Morgan fingerprint density at radius 2 is 2.00 bits per heavy atom. The van der Waals surface area contributed by atoms with E-state index in [4.69, 9.17) is 9.47 Å². The van der Waals surface area contributed by atoms with Gasteiger partial charge >= 0.3 is 0 Å². The van der Waals surface area contributed by atoms with Crippen LogP contribution in [-0.4, -0.2) is 18.3 Å². The molecule has 0 fully saturated rings. The molecule has 0 atom stereocenters. The summed E-state index contributed by atoms with van der Waals surface area (Å²) in [6, 6.07) is 10.1. The van der Waals surface area contributed by atoms with Crippen molar-refractivity contribution in [1.29, 1.82) is 0 Å². The van der Waals surface area contributed by atoms with Gasteiger partial charge in [0.25, 0.3) is 0 Å². The van der Waals surface area contributed by atoms with Gasteiger partial charge in [0.15, 0.2) is 11.5 Å². The largest absolute Gasteiger partial charge is 0.454 e. The van der Waals surface area contributed by atoms with E-state index >= 15 is 0 Å². The van der Waals surface area contributed by atoms with Crippen LogP contribution in [0.3, 0.4) is 0 Å². The highest BCUT2D eigenvalue weighted by molar-refractivity contribution is 5.48. The van der Waals surface area contributed by atoms with Crippen LogP contribution in [0, 0.1) is 0 Å². The summed E-state index contributed by atoms with van der Waals surface area (Å²) in [7, 11) is 0. The van der Waals surface area contributed by atoms with Crippen molar-refractivity contribution in [2.45, 2.75) is 13.0 Å². The molecule has 1 aromatic heterocycles. The topological polar surface area (TPSA) is 43.4 Å². The highest BCUT2D eigenvalue weighted by Gasteiger charge is 2.16. The maximum Gasteiger partial charge on any atom is 0.231 e. The third-order valence-electron chi connectivity index (χ3n) is 3.13. The van der Waals surface area contributed by atoms with Crippen molar-refractivity contribution < 1.29 is 9.47 Å². The van der Waals surface area contributed by atoms with E-state index in [9.17, 15) is 0 Å². The molecule has 0 bridgehead atoms. The van der Waals surface area contributed by atoms with Gasteiger partial charge in [0.05, 0.1) is 0 Å². The van der Waals surface area contributed by atoms with Gasteiger partial charge in [-0.25, -0.2) is 0 Å². The Bertz CT molecular complexity index is 543. The maximum atomic E-state index is 5.47. The smallest absolute Gasteiger partial charge is 0.231 e. The van der Waals surface area contributed by atoms with E-state index in [1.165, 1.54) is 5.56 Å². The first-order chi connectivity index (χ1) is 9.43. The molecule has 0 aliphatic carbocycles. The summed E-state index contributed by atoms with van der Waals surface area (Å²) in [5.74, 6) is 1.72. The molecule has 0 saturated carbocycles. The highest BCUT2D eigenvalue weighted by Crippen LogP contribution is 2.35. The molecule has 2 heterocycles. The van der Waals surface area contributed by atoms with Crippen molar-refractivity contribution in [1.82, 2.24) is 10.3 Å². The summed E-state index contributed by atoms with van der Waals surface area (Å²) in [6.45, 7) is 2.04. The fourth-order valence-electron chi connectivity index (χ4n) is 2.14. The van der Waals surface area contributed by atoms with E-state index in [0.717, 1.165) is 36.6 Å². The summed E-state index contributed by atoms with van der Waals surface area (Å²) in [5.41, 5.74) is 2.44. The Balaban J connectivity index is 1.52. The van der Waals surface area contributed by atoms with Crippen molar-refractivity contribution in [3.8, 4) is 11.5 Å². The van der Waals surface area contributed by atoms with Gasteiger partial charge in [-0.2, -0.15) is 0 Å². The summed E-state index contributed by atoms with van der Waals surface area (Å²) in [5, 5.41) is 3.42. The van der Waals surface area contributed by atoms with Crippen molar-refractivity contribution in [2.24, 2.45) is 0 Å². The average Bonchev–Trinajstić information content (AvgIpc) is 2.94. The predicted molar refractivity (Wildman–Crippen MR) is 72.2 cm³/mol. The molecule has 4 heteroatoms. The minimum Gasteiger partial charge on any atom is -0.454 e. The van der Waals surface area contributed by atoms with Crippen molar-refractivity contribution >= 4 is 0 Å². The second-order valence-electron chi connectivity index (χ2n) is 4.43. The first-order valence-electron chi connectivity index (χ1n) is 6.40. The molecule has 0 unspecified atom stereocenters. The number of fused-ring (bicyclic) bond motifs is 1.